The van der Waals surface area contributed by atoms with Crippen molar-refractivity contribution in [3.8, 4) is 0 Å². The average molecular weight is 307 g/mol. The van der Waals surface area contributed by atoms with Crippen molar-refractivity contribution in [3.63, 3.8) is 0 Å². The zero-order valence-electron chi connectivity index (χ0n) is 11.9. The van der Waals surface area contributed by atoms with Crippen LogP contribution in [0.2, 0.25) is 0 Å². The summed E-state index contributed by atoms with van der Waals surface area (Å²) in [5, 5.41) is 4.16. The van der Waals surface area contributed by atoms with E-state index in [4.69, 9.17) is 18.0 Å². The maximum atomic E-state index is 12.3. The van der Waals surface area contributed by atoms with E-state index in [2.05, 4.69) is 5.10 Å². The Morgan fingerprint density at radius 3 is 2.86 bits per heavy atom. The first-order valence-corrected chi connectivity index (χ1v) is 6.87. The summed E-state index contributed by atoms with van der Waals surface area (Å²) in [6, 6.07) is 1.69. The lowest BCUT2D eigenvalue weighted by Gasteiger charge is -2.17. The first-order valence-electron chi connectivity index (χ1n) is 6.46. The topological polar surface area (TPSA) is 85.6 Å². The molecule has 1 amide bonds. The van der Waals surface area contributed by atoms with E-state index in [1.165, 1.54) is 14.0 Å². The SMILES string of the molecule is Cc1cc2c(=O)n(CC(=O)N(C)CCC(N)=S)ccn2n1. The lowest BCUT2D eigenvalue weighted by Crippen LogP contribution is -2.35. The molecule has 0 aliphatic rings. The van der Waals surface area contributed by atoms with E-state index in [1.54, 1.807) is 25.5 Å². The second-order valence-corrected chi connectivity index (χ2v) is 5.40. The van der Waals surface area contributed by atoms with Gasteiger partial charge in [-0.1, -0.05) is 12.2 Å². The fourth-order valence-corrected chi connectivity index (χ4v) is 2.03. The first-order chi connectivity index (χ1) is 9.88. The summed E-state index contributed by atoms with van der Waals surface area (Å²) in [6.07, 6.45) is 3.68. The predicted octanol–water partition coefficient (Wildman–Crippen LogP) is -0.0610. The first kappa shape index (κ1) is 15.2. The second-order valence-electron chi connectivity index (χ2n) is 4.88. The van der Waals surface area contributed by atoms with Crippen LogP contribution in [0, 0.1) is 6.92 Å². The number of carbonyl (C=O) groups is 1. The molecule has 0 aliphatic carbocycles. The van der Waals surface area contributed by atoms with Crippen LogP contribution in [-0.2, 0) is 11.3 Å². The van der Waals surface area contributed by atoms with Gasteiger partial charge in [-0.3, -0.25) is 9.59 Å². The smallest absolute Gasteiger partial charge is 0.277 e. The minimum atomic E-state index is -0.241. The Labute approximate surface area is 127 Å². The van der Waals surface area contributed by atoms with Crippen LogP contribution in [0.25, 0.3) is 5.52 Å². The maximum absolute atomic E-state index is 12.3. The fraction of sp³-hybridized carbons (Fsp3) is 0.385. The second kappa shape index (κ2) is 6.04. The molecule has 112 valence electrons. The van der Waals surface area contributed by atoms with Crippen molar-refractivity contribution in [1.82, 2.24) is 19.1 Å². The van der Waals surface area contributed by atoms with Crippen LogP contribution in [0.5, 0.6) is 0 Å². The normalized spacial score (nSPS) is 10.8. The monoisotopic (exact) mass is 307 g/mol. The van der Waals surface area contributed by atoms with Gasteiger partial charge in [0, 0.05) is 32.4 Å². The van der Waals surface area contributed by atoms with Crippen molar-refractivity contribution in [2.45, 2.75) is 19.9 Å². The number of aromatic nitrogens is 3. The van der Waals surface area contributed by atoms with E-state index in [9.17, 15) is 9.59 Å². The van der Waals surface area contributed by atoms with Gasteiger partial charge in [0.1, 0.15) is 12.1 Å². The molecule has 0 spiro atoms. The van der Waals surface area contributed by atoms with Gasteiger partial charge in [0.2, 0.25) is 5.91 Å². The molecule has 2 aromatic heterocycles. The van der Waals surface area contributed by atoms with Gasteiger partial charge < -0.3 is 15.2 Å². The molecular weight excluding hydrogens is 290 g/mol. The van der Waals surface area contributed by atoms with E-state index in [1.807, 2.05) is 6.92 Å². The molecule has 21 heavy (non-hydrogen) atoms. The highest BCUT2D eigenvalue weighted by Crippen LogP contribution is 2.00. The molecule has 7 nitrogen and oxygen atoms in total. The van der Waals surface area contributed by atoms with Crippen molar-refractivity contribution >= 4 is 28.6 Å². The van der Waals surface area contributed by atoms with Crippen molar-refractivity contribution in [1.29, 1.82) is 0 Å². The van der Waals surface area contributed by atoms with Crippen LogP contribution >= 0.6 is 12.2 Å². The summed E-state index contributed by atoms with van der Waals surface area (Å²) in [6.45, 7) is 2.23. The Morgan fingerprint density at radius 1 is 1.48 bits per heavy atom. The highest BCUT2D eigenvalue weighted by Gasteiger charge is 2.12. The minimum Gasteiger partial charge on any atom is -0.393 e. The van der Waals surface area contributed by atoms with Gasteiger partial charge in [-0.15, -0.1) is 0 Å². The number of nitrogens with two attached hydrogens (primary N) is 1. The molecule has 0 fully saturated rings. The lowest BCUT2D eigenvalue weighted by atomic mass is 10.3. The number of nitrogens with zero attached hydrogens (tertiary/aromatic N) is 4. The molecule has 8 heteroatoms. The molecule has 0 radical (unpaired) electrons. The molecule has 2 N–H and O–H groups in total. The van der Waals surface area contributed by atoms with E-state index < -0.39 is 0 Å². The molecule has 0 aromatic carbocycles. The van der Waals surface area contributed by atoms with Gasteiger partial charge in [-0.2, -0.15) is 5.10 Å². The Kier molecular flexibility index (Phi) is 4.37. The Balaban J connectivity index is 2.16. The summed E-state index contributed by atoms with van der Waals surface area (Å²) in [5.74, 6) is -0.172. The Hall–Kier alpha value is -2.22. The number of hydrogen-bond acceptors (Lipinski definition) is 4. The highest BCUT2D eigenvalue weighted by molar-refractivity contribution is 7.80. The summed E-state index contributed by atoms with van der Waals surface area (Å²) < 4.78 is 2.88. The van der Waals surface area contributed by atoms with E-state index in [0.717, 1.165) is 5.69 Å². The van der Waals surface area contributed by atoms with Crippen LogP contribution in [0.15, 0.2) is 23.3 Å². The van der Waals surface area contributed by atoms with Gasteiger partial charge in [0.25, 0.3) is 5.56 Å². The van der Waals surface area contributed by atoms with Crippen molar-refractivity contribution in [3.05, 3.63) is 34.5 Å². The maximum Gasteiger partial charge on any atom is 0.277 e. The van der Waals surface area contributed by atoms with Gasteiger partial charge in [-0.05, 0) is 13.0 Å². The number of amides is 1. The number of fused-ring (bicyclic) bond motifs is 1. The number of aryl methyl sites for hydroxylation is 1. The Morgan fingerprint density at radius 2 is 2.19 bits per heavy atom. The molecule has 0 saturated heterocycles. The quantitative estimate of drug-likeness (QED) is 0.782. The summed E-state index contributed by atoms with van der Waals surface area (Å²) in [4.78, 5) is 26.2. The lowest BCUT2D eigenvalue weighted by molar-refractivity contribution is -0.130. The number of likely N-dealkylation sites (N-methyl/N-ethyl adjacent to an activating group) is 1. The number of rotatable bonds is 5. The average Bonchev–Trinajstić information content (AvgIpc) is 2.80. The number of carbonyl (C=O) groups excluding carboxylic acids is 1. The standard InChI is InChI=1S/C13H17N5O2S/c1-9-7-10-13(20)17(5-6-18(10)15-9)8-12(19)16(2)4-3-11(14)21/h5-7H,3-4,8H2,1-2H3,(H2,14,21). The molecule has 0 bridgehead atoms. The number of hydrogen-bond donors (Lipinski definition) is 1. The zero-order valence-corrected chi connectivity index (χ0v) is 12.8. The van der Waals surface area contributed by atoms with E-state index in [-0.39, 0.29) is 18.0 Å². The summed E-state index contributed by atoms with van der Waals surface area (Å²) >= 11 is 4.78. The third kappa shape index (κ3) is 3.46. The third-order valence-electron chi connectivity index (χ3n) is 3.15. The number of thiocarbonyl (C=S) groups is 1. The van der Waals surface area contributed by atoms with Crippen molar-refractivity contribution in [2.75, 3.05) is 13.6 Å². The van der Waals surface area contributed by atoms with Crippen LogP contribution in [0.4, 0.5) is 0 Å². The van der Waals surface area contributed by atoms with Gasteiger partial charge >= 0.3 is 0 Å². The molecule has 0 saturated carbocycles. The Bertz CT molecular complexity index is 749. The van der Waals surface area contributed by atoms with Crippen LogP contribution in [0.3, 0.4) is 0 Å². The minimum absolute atomic E-state index is 0.0204. The van der Waals surface area contributed by atoms with Crippen LogP contribution < -0.4 is 11.3 Å². The highest BCUT2D eigenvalue weighted by atomic mass is 32.1. The van der Waals surface area contributed by atoms with Crippen molar-refractivity contribution < 1.29 is 4.79 Å². The molecular formula is C13H17N5O2S. The zero-order chi connectivity index (χ0) is 15.6. The largest absolute Gasteiger partial charge is 0.393 e. The molecule has 0 unspecified atom stereocenters. The van der Waals surface area contributed by atoms with E-state index in [0.29, 0.717) is 23.5 Å². The fourth-order valence-electron chi connectivity index (χ4n) is 1.94. The van der Waals surface area contributed by atoms with Gasteiger partial charge in [0.15, 0.2) is 0 Å². The summed E-state index contributed by atoms with van der Waals surface area (Å²) in [5.41, 5.74) is 6.38. The van der Waals surface area contributed by atoms with Gasteiger partial charge in [0.05, 0.1) is 10.7 Å². The molecule has 2 aromatic rings. The van der Waals surface area contributed by atoms with Crippen LogP contribution in [-0.4, -0.2) is 43.6 Å². The van der Waals surface area contributed by atoms with E-state index >= 15 is 0 Å². The van der Waals surface area contributed by atoms with Gasteiger partial charge in [-0.25, -0.2) is 4.52 Å². The van der Waals surface area contributed by atoms with Crippen molar-refractivity contribution in [2.24, 2.45) is 5.73 Å². The molecule has 0 aliphatic heterocycles. The molecule has 2 heterocycles. The van der Waals surface area contributed by atoms with Crippen LogP contribution in [0.1, 0.15) is 12.1 Å². The third-order valence-corrected chi connectivity index (χ3v) is 3.35. The molecule has 2 rings (SSSR count). The summed E-state index contributed by atoms with van der Waals surface area (Å²) in [7, 11) is 1.66. The molecule has 0 atom stereocenters. The predicted molar refractivity (Wildman–Crippen MR) is 83.2 cm³/mol.